The van der Waals surface area contributed by atoms with Crippen LogP contribution in [0.5, 0.6) is 0 Å². The number of aromatic nitrogens is 4. The highest BCUT2D eigenvalue weighted by Gasteiger charge is 2.37. The molecule has 1 saturated heterocycles. The highest BCUT2D eigenvalue weighted by molar-refractivity contribution is 5.77. The van der Waals surface area contributed by atoms with Gasteiger partial charge in [0.25, 0.3) is 0 Å². The molecule has 1 amide bonds. The largest absolute Gasteiger partial charge is 0.370 e. The Hall–Kier alpha value is -2.28. The summed E-state index contributed by atoms with van der Waals surface area (Å²) in [5, 5.41) is 11.5. The Morgan fingerprint density at radius 3 is 2.74 bits per heavy atom. The van der Waals surface area contributed by atoms with Gasteiger partial charge in [0, 0.05) is 13.0 Å². The maximum Gasteiger partial charge on any atom is 0.223 e. The van der Waals surface area contributed by atoms with Gasteiger partial charge in [0.1, 0.15) is 12.4 Å². The van der Waals surface area contributed by atoms with Crippen LogP contribution in [0.3, 0.4) is 0 Å². The van der Waals surface area contributed by atoms with E-state index in [2.05, 4.69) is 27.7 Å². The van der Waals surface area contributed by atoms with Crippen molar-refractivity contribution >= 4 is 5.91 Å². The summed E-state index contributed by atoms with van der Waals surface area (Å²) in [4.78, 5) is 15.2. The van der Waals surface area contributed by atoms with E-state index in [0.29, 0.717) is 26.1 Å². The Morgan fingerprint density at radius 2 is 2.00 bits per heavy atom. The lowest BCUT2D eigenvalue weighted by atomic mass is 9.71. The number of hydrogen-bond acceptors (Lipinski definition) is 5. The van der Waals surface area contributed by atoms with E-state index < -0.39 is 0 Å². The predicted octanol–water partition coefficient (Wildman–Crippen LogP) is 2.61. The molecule has 1 atom stereocenters. The van der Waals surface area contributed by atoms with E-state index in [1.165, 1.54) is 19.3 Å². The molecule has 0 bridgehead atoms. The molecule has 144 valence electrons. The van der Waals surface area contributed by atoms with Crippen molar-refractivity contribution in [2.24, 2.45) is 5.41 Å². The summed E-state index contributed by atoms with van der Waals surface area (Å²) in [5.41, 5.74) is 1.10. The molecule has 7 nitrogen and oxygen atoms in total. The number of amides is 1. The molecule has 2 fully saturated rings. The summed E-state index contributed by atoms with van der Waals surface area (Å²) in [6.07, 6.45) is 7.90. The monoisotopic (exact) mass is 369 g/mol. The molecule has 4 rings (SSSR count). The van der Waals surface area contributed by atoms with Gasteiger partial charge < -0.3 is 9.64 Å². The van der Waals surface area contributed by atoms with Gasteiger partial charge in [-0.25, -0.2) is 4.68 Å². The van der Waals surface area contributed by atoms with Crippen LogP contribution in [0.4, 0.5) is 0 Å². The van der Waals surface area contributed by atoms with Crippen LogP contribution in [0.1, 0.15) is 50.2 Å². The summed E-state index contributed by atoms with van der Waals surface area (Å²) in [5.74, 6) is 0.231. The standard InChI is InChI=1S/C20H27N5O2/c26-19(24-11-12-27-18(14-24)17-7-3-1-4-8-17)13-20(9-5-2-6-10-20)15-25-16-21-22-23-25/h1,3-4,7-8,16,18H,2,5-6,9-15H2/t18-/m0/s1. The molecule has 0 spiro atoms. The minimum atomic E-state index is -0.0364. The van der Waals surface area contributed by atoms with Gasteiger partial charge >= 0.3 is 0 Å². The highest BCUT2D eigenvalue weighted by Crippen LogP contribution is 2.41. The van der Waals surface area contributed by atoms with E-state index in [-0.39, 0.29) is 17.4 Å². The zero-order valence-corrected chi connectivity index (χ0v) is 15.7. The number of carbonyl (C=O) groups is 1. The molecule has 7 heteroatoms. The second-order valence-corrected chi connectivity index (χ2v) is 7.85. The average Bonchev–Trinajstić information content (AvgIpc) is 3.22. The molecule has 2 heterocycles. The first kappa shape index (κ1) is 18.1. The Labute approximate surface area is 159 Å². The van der Waals surface area contributed by atoms with E-state index in [1.54, 1.807) is 11.0 Å². The Kier molecular flexibility index (Phi) is 5.48. The fourth-order valence-electron chi connectivity index (χ4n) is 4.47. The van der Waals surface area contributed by atoms with Gasteiger partial charge in [-0.15, -0.1) is 5.10 Å². The minimum Gasteiger partial charge on any atom is -0.370 e. The van der Waals surface area contributed by atoms with Crippen LogP contribution >= 0.6 is 0 Å². The van der Waals surface area contributed by atoms with Crippen molar-refractivity contribution in [2.75, 3.05) is 19.7 Å². The smallest absolute Gasteiger partial charge is 0.223 e. The summed E-state index contributed by atoms with van der Waals surface area (Å²) < 4.78 is 7.70. The van der Waals surface area contributed by atoms with Gasteiger partial charge in [0.15, 0.2) is 0 Å². The average molecular weight is 369 g/mol. The van der Waals surface area contributed by atoms with Crippen molar-refractivity contribution in [3.05, 3.63) is 42.2 Å². The van der Waals surface area contributed by atoms with Crippen LogP contribution in [0.15, 0.2) is 36.7 Å². The van der Waals surface area contributed by atoms with E-state index in [4.69, 9.17) is 4.74 Å². The first-order valence-corrected chi connectivity index (χ1v) is 9.89. The van der Waals surface area contributed by atoms with E-state index in [1.807, 2.05) is 23.1 Å². The Bertz CT molecular complexity index is 728. The summed E-state index contributed by atoms with van der Waals surface area (Å²) in [7, 11) is 0. The molecule has 0 N–H and O–H groups in total. The lowest BCUT2D eigenvalue weighted by Crippen LogP contribution is -2.45. The molecule has 0 unspecified atom stereocenters. The fraction of sp³-hybridized carbons (Fsp3) is 0.600. The normalized spacial score (nSPS) is 22.5. The van der Waals surface area contributed by atoms with Crippen molar-refractivity contribution in [1.82, 2.24) is 25.1 Å². The van der Waals surface area contributed by atoms with E-state index in [0.717, 1.165) is 24.9 Å². The molecular weight excluding hydrogens is 342 g/mol. The van der Waals surface area contributed by atoms with Gasteiger partial charge in [-0.1, -0.05) is 49.6 Å². The molecule has 1 aliphatic carbocycles. The molecule has 0 radical (unpaired) electrons. The van der Waals surface area contributed by atoms with Crippen molar-refractivity contribution in [2.45, 2.75) is 51.2 Å². The maximum atomic E-state index is 13.2. The highest BCUT2D eigenvalue weighted by atomic mass is 16.5. The van der Waals surface area contributed by atoms with Crippen LogP contribution in [-0.2, 0) is 16.1 Å². The third-order valence-electron chi connectivity index (χ3n) is 5.92. The molecule has 1 saturated carbocycles. The lowest BCUT2D eigenvalue weighted by Gasteiger charge is -2.39. The molecular formula is C20H27N5O2. The molecule has 27 heavy (non-hydrogen) atoms. The second kappa shape index (κ2) is 8.17. The number of tetrazole rings is 1. The van der Waals surface area contributed by atoms with Gasteiger partial charge in [-0.3, -0.25) is 4.79 Å². The zero-order chi connectivity index (χ0) is 18.5. The predicted molar refractivity (Wildman–Crippen MR) is 99.7 cm³/mol. The Balaban J connectivity index is 1.44. The lowest BCUT2D eigenvalue weighted by molar-refractivity contribution is -0.142. The first-order chi connectivity index (χ1) is 13.2. The van der Waals surface area contributed by atoms with Gasteiger partial charge in [0.2, 0.25) is 5.91 Å². The Morgan fingerprint density at radius 1 is 1.19 bits per heavy atom. The fourth-order valence-corrected chi connectivity index (χ4v) is 4.47. The first-order valence-electron chi connectivity index (χ1n) is 9.89. The number of benzene rings is 1. The topological polar surface area (TPSA) is 73.1 Å². The van der Waals surface area contributed by atoms with Crippen molar-refractivity contribution < 1.29 is 9.53 Å². The minimum absolute atomic E-state index is 0.0364. The third kappa shape index (κ3) is 4.35. The maximum absolute atomic E-state index is 13.2. The summed E-state index contributed by atoms with van der Waals surface area (Å²) >= 11 is 0. The molecule has 1 aliphatic heterocycles. The summed E-state index contributed by atoms with van der Waals surface area (Å²) in [6.45, 7) is 2.61. The van der Waals surface area contributed by atoms with E-state index in [9.17, 15) is 4.79 Å². The van der Waals surface area contributed by atoms with E-state index >= 15 is 0 Å². The van der Waals surface area contributed by atoms with Crippen LogP contribution in [0, 0.1) is 5.41 Å². The molecule has 1 aromatic carbocycles. The number of carbonyl (C=O) groups excluding carboxylic acids is 1. The zero-order valence-electron chi connectivity index (χ0n) is 15.7. The number of ether oxygens (including phenoxy) is 1. The van der Waals surface area contributed by atoms with Crippen LogP contribution in [-0.4, -0.2) is 50.7 Å². The SMILES string of the molecule is O=C(CC1(Cn2cnnn2)CCCCC1)N1CCO[C@H](c2ccccc2)C1. The van der Waals surface area contributed by atoms with Crippen molar-refractivity contribution in [3.63, 3.8) is 0 Å². The number of hydrogen-bond donors (Lipinski definition) is 0. The van der Waals surface area contributed by atoms with Gasteiger partial charge in [0.05, 0.1) is 19.7 Å². The molecule has 2 aliphatic rings. The van der Waals surface area contributed by atoms with Crippen LogP contribution in [0.25, 0.3) is 0 Å². The number of nitrogens with zero attached hydrogens (tertiary/aromatic N) is 5. The quantitative estimate of drug-likeness (QED) is 0.810. The number of rotatable bonds is 5. The molecule has 1 aromatic heterocycles. The third-order valence-corrected chi connectivity index (χ3v) is 5.92. The van der Waals surface area contributed by atoms with Crippen LogP contribution in [0.2, 0.25) is 0 Å². The second-order valence-electron chi connectivity index (χ2n) is 7.85. The van der Waals surface area contributed by atoms with Crippen molar-refractivity contribution in [3.8, 4) is 0 Å². The van der Waals surface area contributed by atoms with Crippen LogP contribution < -0.4 is 0 Å². The number of morpholine rings is 1. The van der Waals surface area contributed by atoms with Gasteiger partial charge in [-0.2, -0.15) is 0 Å². The van der Waals surface area contributed by atoms with Gasteiger partial charge in [-0.05, 0) is 34.2 Å². The molecule has 2 aromatic rings. The van der Waals surface area contributed by atoms with Crippen molar-refractivity contribution in [1.29, 1.82) is 0 Å². The summed E-state index contributed by atoms with van der Waals surface area (Å²) in [6, 6.07) is 10.2.